The molecule has 0 bridgehead atoms. The fraction of sp³-hybridized carbons (Fsp3) is 0.350. The Labute approximate surface area is 152 Å². The van der Waals surface area contributed by atoms with E-state index in [2.05, 4.69) is 5.32 Å². The first-order chi connectivity index (χ1) is 12.6. The maximum absolute atomic E-state index is 13.8. The van der Waals surface area contributed by atoms with Gasteiger partial charge in [-0.2, -0.15) is 0 Å². The first-order valence-electron chi connectivity index (χ1n) is 8.69. The lowest BCUT2D eigenvalue weighted by atomic mass is 10.1. The van der Waals surface area contributed by atoms with Gasteiger partial charge in [0.05, 0.1) is 6.04 Å². The summed E-state index contributed by atoms with van der Waals surface area (Å²) < 4.78 is 30.4. The average molecular weight is 359 g/mol. The second-order valence-corrected chi connectivity index (χ2v) is 6.08. The van der Waals surface area contributed by atoms with Crippen molar-refractivity contribution in [2.24, 2.45) is 0 Å². The molecule has 0 saturated heterocycles. The van der Waals surface area contributed by atoms with Crippen molar-refractivity contribution in [2.45, 2.75) is 32.4 Å². The number of hydrogen-bond acceptors (Lipinski definition) is 4. The number of para-hydroxylation sites is 1. The number of rotatable bonds is 6. The Kier molecular flexibility index (Phi) is 5.61. The number of benzene rings is 2. The minimum absolute atomic E-state index is 0.0708. The molecule has 3 rings (SSSR count). The van der Waals surface area contributed by atoms with Gasteiger partial charge < -0.3 is 19.5 Å². The molecule has 6 heteroatoms. The summed E-state index contributed by atoms with van der Waals surface area (Å²) in [4.78, 5) is 12.5. The predicted octanol–water partition coefficient (Wildman–Crippen LogP) is 3.63. The van der Waals surface area contributed by atoms with Crippen molar-refractivity contribution in [3.8, 4) is 17.2 Å². The van der Waals surface area contributed by atoms with Crippen LogP contribution in [-0.4, -0.2) is 25.2 Å². The Morgan fingerprint density at radius 2 is 1.92 bits per heavy atom. The van der Waals surface area contributed by atoms with E-state index in [1.54, 1.807) is 12.1 Å². The first-order valence-corrected chi connectivity index (χ1v) is 8.69. The normalized spacial score (nSPS) is 15.0. The number of fused-ring (bicyclic) bond motifs is 1. The highest BCUT2D eigenvalue weighted by atomic mass is 19.1. The van der Waals surface area contributed by atoms with Crippen LogP contribution in [0.5, 0.6) is 17.2 Å². The summed E-state index contributed by atoms with van der Waals surface area (Å²) in [6.07, 6.45) is -0.347. The van der Waals surface area contributed by atoms with Crippen molar-refractivity contribution >= 4 is 5.91 Å². The van der Waals surface area contributed by atoms with Gasteiger partial charge >= 0.3 is 0 Å². The Hall–Kier alpha value is -2.76. The zero-order valence-electron chi connectivity index (χ0n) is 14.8. The molecular formula is C20H22FNO4. The van der Waals surface area contributed by atoms with Crippen LogP contribution in [0.1, 0.15) is 31.9 Å². The largest absolute Gasteiger partial charge is 0.486 e. The van der Waals surface area contributed by atoms with E-state index in [-0.39, 0.29) is 17.7 Å². The van der Waals surface area contributed by atoms with Gasteiger partial charge in [-0.05, 0) is 43.2 Å². The Bertz CT molecular complexity index is 780. The molecule has 1 N–H and O–H groups in total. The van der Waals surface area contributed by atoms with Gasteiger partial charge in [0.2, 0.25) is 0 Å². The smallest absolute Gasteiger partial charge is 0.261 e. The van der Waals surface area contributed by atoms with Crippen molar-refractivity contribution < 1.29 is 23.4 Å². The summed E-state index contributed by atoms with van der Waals surface area (Å²) in [7, 11) is 0. The molecule has 0 radical (unpaired) electrons. The molecule has 1 amide bonds. The molecule has 138 valence electrons. The minimum Gasteiger partial charge on any atom is -0.486 e. The Morgan fingerprint density at radius 3 is 2.65 bits per heavy atom. The Balaban J connectivity index is 1.66. The first kappa shape index (κ1) is 18.0. The molecule has 2 aromatic rings. The van der Waals surface area contributed by atoms with Crippen LogP contribution in [0.4, 0.5) is 4.39 Å². The van der Waals surface area contributed by atoms with Gasteiger partial charge in [-0.15, -0.1) is 0 Å². The summed E-state index contributed by atoms with van der Waals surface area (Å²) in [5.41, 5.74) is 0.892. The van der Waals surface area contributed by atoms with Crippen LogP contribution in [0, 0.1) is 5.82 Å². The molecule has 2 aromatic carbocycles. The van der Waals surface area contributed by atoms with Gasteiger partial charge in [0.1, 0.15) is 13.2 Å². The molecular weight excluding hydrogens is 337 g/mol. The highest BCUT2D eigenvalue weighted by Gasteiger charge is 2.22. The molecule has 5 nitrogen and oxygen atoms in total. The molecule has 0 spiro atoms. The monoisotopic (exact) mass is 359 g/mol. The fourth-order valence-corrected chi connectivity index (χ4v) is 2.73. The van der Waals surface area contributed by atoms with E-state index in [1.165, 1.54) is 12.1 Å². The van der Waals surface area contributed by atoms with Crippen molar-refractivity contribution in [2.75, 3.05) is 13.2 Å². The molecule has 0 aromatic heterocycles. The summed E-state index contributed by atoms with van der Waals surface area (Å²) in [6.45, 7) is 4.73. The van der Waals surface area contributed by atoms with Crippen LogP contribution in [0.15, 0.2) is 42.5 Å². The van der Waals surface area contributed by atoms with Crippen molar-refractivity contribution in [3.05, 3.63) is 53.8 Å². The molecule has 0 aliphatic carbocycles. The molecule has 1 heterocycles. The van der Waals surface area contributed by atoms with Crippen LogP contribution in [0.3, 0.4) is 0 Å². The van der Waals surface area contributed by atoms with Crippen molar-refractivity contribution in [1.82, 2.24) is 5.32 Å². The van der Waals surface area contributed by atoms with Crippen molar-refractivity contribution in [1.29, 1.82) is 0 Å². The number of carbonyl (C=O) groups is 1. The molecule has 2 atom stereocenters. The lowest BCUT2D eigenvalue weighted by Crippen LogP contribution is -2.39. The summed E-state index contributed by atoms with van der Waals surface area (Å²) in [6, 6.07) is 11.4. The lowest BCUT2D eigenvalue weighted by molar-refractivity contribution is -0.128. The number of hydrogen-bond donors (Lipinski definition) is 1. The van der Waals surface area contributed by atoms with E-state index in [1.807, 2.05) is 32.0 Å². The number of nitrogens with one attached hydrogen (secondary N) is 1. The average Bonchev–Trinajstić information content (AvgIpc) is 2.66. The summed E-state index contributed by atoms with van der Waals surface area (Å²) >= 11 is 0. The van der Waals surface area contributed by atoms with Crippen LogP contribution < -0.4 is 19.5 Å². The van der Waals surface area contributed by atoms with Crippen LogP contribution in [0.2, 0.25) is 0 Å². The van der Waals surface area contributed by atoms with Gasteiger partial charge in [-0.3, -0.25) is 4.79 Å². The molecule has 0 fully saturated rings. The fourth-order valence-electron chi connectivity index (χ4n) is 2.73. The summed E-state index contributed by atoms with van der Waals surface area (Å²) in [5, 5.41) is 2.91. The van der Waals surface area contributed by atoms with E-state index < -0.39 is 11.9 Å². The van der Waals surface area contributed by atoms with Gasteiger partial charge in [-0.25, -0.2) is 4.39 Å². The van der Waals surface area contributed by atoms with Gasteiger partial charge in [0, 0.05) is 0 Å². The van der Waals surface area contributed by atoms with E-state index in [0.29, 0.717) is 31.1 Å². The topological polar surface area (TPSA) is 56.8 Å². The predicted molar refractivity (Wildman–Crippen MR) is 95.1 cm³/mol. The number of carbonyl (C=O) groups excluding carboxylic acids is 1. The molecule has 26 heavy (non-hydrogen) atoms. The standard InChI is InChI=1S/C20H22FNO4/c1-3-16(26-17-7-5-4-6-15(17)21)20(23)22-13(2)14-8-9-18-19(12-14)25-11-10-24-18/h4-9,12-13,16H,3,10-11H2,1-2H3,(H,22,23)/t13-,16-/m0/s1. The van der Waals surface area contributed by atoms with E-state index in [0.717, 1.165) is 5.56 Å². The third kappa shape index (κ3) is 4.07. The van der Waals surface area contributed by atoms with Crippen LogP contribution in [-0.2, 0) is 4.79 Å². The molecule has 0 unspecified atom stereocenters. The maximum atomic E-state index is 13.8. The SMILES string of the molecule is CC[C@H](Oc1ccccc1F)C(=O)N[C@@H](C)c1ccc2c(c1)OCCO2. The zero-order valence-corrected chi connectivity index (χ0v) is 14.8. The van der Waals surface area contributed by atoms with Crippen LogP contribution in [0.25, 0.3) is 0 Å². The van der Waals surface area contributed by atoms with E-state index in [4.69, 9.17) is 14.2 Å². The lowest BCUT2D eigenvalue weighted by Gasteiger charge is -2.23. The highest BCUT2D eigenvalue weighted by molar-refractivity contribution is 5.81. The van der Waals surface area contributed by atoms with Gasteiger partial charge in [-0.1, -0.05) is 25.1 Å². The highest BCUT2D eigenvalue weighted by Crippen LogP contribution is 2.32. The number of ether oxygens (including phenoxy) is 3. The molecule has 0 saturated carbocycles. The van der Waals surface area contributed by atoms with Gasteiger partial charge in [0.15, 0.2) is 29.2 Å². The maximum Gasteiger partial charge on any atom is 0.261 e. The minimum atomic E-state index is -0.772. The van der Waals surface area contributed by atoms with Crippen molar-refractivity contribution in [3.63, 3.8) is 0 Å². The number of halogens is 1. The molecule has 1 aliphatic heterocycles. The quantitative estimate of drug-likeness (QED) is 0.856. The third-order valence-corrected chi connectivity index (χ3v) is 4.19. The molecule has 1 aliphatic rings. The Morgan fingerprint density at radius 1 is 1.19 bits per heavy atom. The third-order valence-electron chi connectivity index (χ3n) is 4.19. The van der Waals surface area contributed by atoms with Crippen LogP contribution >= 0.6 is 0 Å². The number of amides is 1. The summed E-state index contributed by atoms with van der Waals surface area (Å²) in [5.74, 6) is 0.663. The van der Waals surface area contributed by atoms with E-state index >= 15 is 0 Å². The second-order valence-electron chi connectivity index (χ2n) is 6.08. The van der Waals surface area contributed by atoms with E-state index in [9.17, 15) is 9.18 Å². The van der Waals surface area contributed by atoms with Gasteiger partial charge in [0.25, 0.3) is 5.91 Å². The zero-order chi connectivity index (χ0) is 18.5. The second kappa shape index (κ2) is 8.08.